The Morgan fingerprint density at radius 2 is 1.82 bits per heavy atom. The number of nitrogens with zero attached hydrogens (tertiary/aromatic N) is 7. The number of hydrogen-bond donors (Lipinski definition) is 1. The first-order valence-electron chi connectivity index (χ1n) is 13.0. The van der Waals surface area contributed by atoms with Gasteiger partial charge in [0.1, 0.15) is 5.52 Å². The molecule has 2 aliphatic rings. The molecule has 4 heterocycles. The fourth-order valence-corrected chi connectivity index (χ4v) is 4.92. The van der Waals surface area contributed by atoms with Crippen molar-refractivity contribution in [2.24, 2.45) is 7.05 Å². The third-order valence-electron chi connectivity index (χ3n) is 7.38. The van der Waals surface area contributed by atoms with E-state index >= 15 is 0 Å². The molecule has 6 rings (SSSR count). The van der Waals surface area contributed by atoms with Crippen LogP contribution in [0.4, 0.5) is 11.5 Å². The molecule has 0 atom stereocenters. The first kappa shape index (κ1) is 24.4. The number of methoxy groups -OCH3 is 1. The van der Waals surface area contributed by atoms with Crippen molar-refractivity contribution in [3.8, 4) is 11.3 Å². The van der Waals surface area contributed by atoms with E-state index in [1.807, 2.05) is 23.7 Å². The lowest BCUT2D eigenvalue weighted by atomic mass is 10.1. The molecule has 38 heavy (non-hydrogen) atoms. The summed E-state index contributed by atoms with van der Waals surface area (Å²) in [5.74, 6) is 0.140. The van der Waals surface area contributed by atoms with Gasteiger partial charge in [0.25, 0.3) is 0 Å². The van der Waals surface area contributed by atoms with E-state index in [1.54, 1.807) is 18.7 Å². The van der Waals surface area contributed by atoms with E-state index in [-0.39, 0.29) is 11.6 Å². The number of imidazole rings is 1. The molecule has 196 valence electrons. The first-order valence-corrected chi connectivity index (χ1v) is 13.0. The molecule has 1 aliphatic carbocycles. The quantitative estimate of drug-likeness (QED) is 0.372. The van der Waals surface area contributed by atoms with E-state index in [0.717, 1.165) is 73.5 Å². The Morgan fingerprint density at radius 1 is 1.05 bits per heavy atom. The number of piperazine rings is 1. The summed E-state index contributed by atoms with van der Waals surface area (Å²) in [6, 6.07) is 8.29. The number of nitrogens with one attached hydrogen (secondary N) is 1. The first-order chi connectivity index (χ1) is 18.5. The Bertz CT molecular complexity index is 1470. The molecule has 10 heteroatoms. The molecule has 2 fully saturated rings. The zero-order chi connectivity index (χ0) is 26.2. The molecule has 1 saturated carbocycles. The van der Waals surface area contributed by atoms with Gasteiger partial charge in [-0.2, -0.15) is 0 Å². The number of aryl methyl sites for hydroxylation is 1. The monoisotopic (exact) mass is 512 g/mol. The van der Waals surface area contributed by atoms with Crippen molar-refractivity contribution in [3.63, 3.8) is 0 Å². The van der Waals surface area contributed by atoms with Gasteiger partial charge in [0, 0.05) is 63.1 Å². The van der Waals surface area contributed by atoms with E-state index in [0.29, 0.717) is 11.5 Å². The molecule has 10 nitrogen and oxygen atoms in total. The van der Waals surface area contributed by atoms with Gasteiger partial charge in [0.05, 0.1) is 36.5 Å². The highest BCUT2D eigenvalue weighted by molar-refractivity contribution is 5.96. The summed E-state index contributed by atoms with van der Waals surface area (Å²) in [4.78, 5) is 36.5. The molecule has 1 aliphatic heterocycles. The minimum absolute atomic E-state index is 0.140. The van der Waals surface area contributed by atoms with Crippen LogP contribution < -0.4 is 5.32 Å². The molecule has 4 aromatic rings. The van der Waals surface area contributed by atoms with Gasteiger partial charge >= 0.3 is 5.97 Å². The van der Waals surface area contributed by atoms with Crippen LogP contribution >= 0.6 is 0 Å². The number of carbonyl (C=O) groups is 1. The molecule has 0 spiro atoms. The van der Waals surface area contributed by atoms with Gasteiger partial charge in [-0.3, -0.25) is 9.88 Å². The highest BCUT2D eigenvalue weighted by atomic mass is 16.5. The maximum atomic E-state index is 12.9. The average molecular weight is 513 g/mol. The highest BCUT2D eigenvalue weighted by Gasteiger charge is 2.32. The second-order valence-corrected chi connectivity index (χ2v) is 10.2. The Kier molecular flexibility index (Phi) is 6.50. The lowest BCUT2D eigenvalue weighted by molar-refractivity contribution is 0.0595. The predicted octanol–water partition coefficient (Wildman–Crippen LogP) is 3.58. The number of ether oxygens (including phenoxy) is 1. The van der Waals surface area contributed by atoms with Gasteiger partial charge in [0.2, 0.25) is 0 Å². The standard InChI is InChI=1S/C28H32N8O2/c1-34-10-12-36(13-11-34)16-18-4-8-20(9-5-18)31-27-26(28(37)38-3)32-25(23(33-27)19-6-7-19)21-14-29-15-22-24(21)30-17-35(22)2/h4-5,8-9,14-15,17,19H,6-7,10-13,16H2,1-3H3,(H,31,33). The Balaban J connectivity index is 1.33. The minimum atomic E-state index is -0.545. The van der Waals surface area contributed by atoms with Crippen molar-refractivity contribution in [2.45, 2.75) is 25.3 Å². The van der Waals surface area contributed by atoms with Crippen molar-refractivity contribution in [2.75, 3.05) is 45.7 Å². The van der Waals surface area contributed by atoms with Crippen molar-refractivity contribution in [1.29, 1.82) is 0 Å². The molecule has 3 aromatic heterocycles. The number of hydrogen-bond acceptors (Lipinski definition) is 9. The summed E-state index contributed by atoms with van der Waals surface area (Å²) >= 11 is 0. The number of esters is 1. The van der Waals surface area contributed by atoms with Gasteiger partial charge in [-0.05, 0) is 37.6 Å². The van der Waals surface area contributed by atoms with Crippen LogP contribution in [0.25, 0.3) is 22.3 Å². The summed E-state index contributed by atoms with van der Waals surface area (Å²) in [6.07, 6.45) is 7.35. The molecular formula is C28H32N8O2. The molecule has 1 aromatic carbocycles. The maximum Gasteiger partial charge on any atom is 0.360 e. The highest BCUT2D eigenvalue weighted by Crippen LogP contribution is 2.44. The third-order valence-corrected chi connectivity index (χ3v) is 7.38. The maximum absolute atomic E-state index is 12.9. The topological polar surface area (TPSA) is 101 Å². The van der Waals surface area contributed by atoms with E-state index in [1.165, 1.54) is 12.7 Å². The molecular weight excluding hydrogens is 480 g/mol. The van der Waals surface area contributed by atoms with Crippen LogP contribution in [-0.2, 0) is 18.3 Å². The van der Waals surface area contributed by atoms with Gasteiger partial charge in [-0.25, -0.2) is 19.7 Å². The fourth-order valence-electron chi connectivity index (χ4n) is 4.92. The van der Waals surface area contributed by atoms with Crippen LogP contribution in [0.3, 0.4) is 0 Å². The Labute approximate surface area is 221 Å². The number of anilines is 2. The summed E-state index contributed by atoms with van der Waals surface area (Å²) in [6.45, 7) is 5.27. The van der Waals surface area contributed by atoms with Crippen LogP contribution in [0, 0.1) is 0 Å². The smallest absolute Gasteiger partial charge is 0.360 e. The van der Waals surface area contributed by atoms with E-state index in [4.69, 9.17) is 14.7 Å². The van der Waals surface area contributed by atoms with Gasteiger partial charge < -0.3 is 19.5 Å². The average Bonchev–Trinajstić information content (AvgIpc) is 3.72. The van der Waals surface area contributed by atoms with Crippen molar-refractivity contribution in [3.05, 3.63) is 59.9 Å². The summed E-state index contributed by atoms with van der Waals surface area (Å²) < 4.78 is 7.02. The largest absolute Gasteiger partial charge is 0.464 e. The summed E-state index contributed by atoms with van der Waals surface area (Å²) in [7, 11) is 5.45. The number of carbonyl (C=O) groups excluding carboxylic acids is 1. The second-order valence-electron chi connectivity index (χ2n) is 10.2. The molecule has 0 amide bonds. The van der Waals surface area contributed by atoms with Crippen LogP contribution in [-0.4, -0.2) is 80.6 Å². The molecule has 1 N–H and O–H groups in total. The molecule has 0 unspecified atom stereocenters. The number of pyridine rings is 1. The number of aromatic nitrogens is 5. The molecule has 1 saturated heterocycles. The Hall–Kier alpha value is -3.89. The SMILES string of the molecule is COC(=O)c1nc(-c2cncc3c2ncn3C)c(C2CC2)nc1Nc1ccc(CN2CCN(C)CC2)cc1. The van der Waals surface area contributed by atoms with Gasteiger partial charge in [-0.15, -0.1) is 0 Å². The van der Waals surface area contributed by atoms with Crippen LogP contribution in [0.1, 0.15) is 40.5 Å². The lowest BCUT2D eigenvalue weighted by Gasteiger charge is -2.32. The second kappa shape index (κ2) is 10.1. The molecule has 0 bridgehead atoms. The van der Waals surface area contributed by atoms with E-state index in [9.17, 15) is 4.79 Å². The van der Waals surface area contributed by atoms with Crippen LogP contribution in [0.5, 0.6) is 0 Å². The van der Waals surface area contributed by atoms with Crippen LogP contribution in [0.2, 0.25) is 0 Å². The molecule has 0 radical (unpaired) electrons. The minimum Gasteiger partial charge on any atom is -0.464 e. The summed E-state index contributed by atoms with van der Waals surface area (Å²) in [5, 5.41) is 3.34. The van der Waals surface area contributed by atoms with Crippen molar-refractivity contribution in [1.82, 2.24) is 34.3 Å². The Morgan fingerprint density at radius 3 is 2.53 bits per heavy atom. The number of likely N-dealkylation sites (N-methyl/N-ethyl adjacent to an activating group) is 1. The van der Waals surface area contributed by atoms with Crippen molar-refractivity contribution < 1.29 is 9.53 Å². The van der Waals surface area contributed by atoms with Gasteiger partial charge in [-0.1, -0.05) is 12.1 Å². The third kappa shape index (κ3) is 4.84. The predicted molar refractivity (Wildman–Crippen MR) is 145 cm³/mol. The zero-order valence-electron chi connectivity index (χ0n) is 22.0. The number of rotatable bonds is 7. The van der Waals surface area contributed by atoms with E-state index < -0.39 is 5.97 Å². The van der Waals surface area contributed by atoms with Crippen LogP contribution in [0.15, 0.2) is 43.0 Å². The summed E-state index contributed by atoms with van der Waals surface area (Å²) in [5.41, 5.74) is 6.17. The number of benzene rings is 1. The number of fused-ring (bicyclic) bond motifs is 1. The fraction of sp³-hybridized carbons (Fsp3) is 0.393. The lowest BCUT2D eigenvalue weighted by Crippen LogP contribution is -2.43. The van der Waals surface area contributed by atoms with Gasteiger partial charge in [0.15, 0.2) is 11.5 Å². The van der Waals surface area contributed by atoms with Crippen molar-refractivity contribution >= 4 is 28.5 Å². The normalized spacial score (nSPS) is 16.6. The van der Waals surface area contributed by atoms with E-state index in [2.05, 4.69) is 44.3 Å². The zero-order valence-corrected chi connectivity index (χ0v) is 22.0.